The van der Waals surface area contributed by atoms with Crippen molar-refractivity contribution < 1.29 is 4.74 Å². The molecule has 2 aromatic rings. The fourth-order valence-electron chi connectivity index (χ4n) is 1.49. The molecule has 17 heavy (non-hydrogen) atoms. The van der Waals surface area contributed by atoms with Gasteiger partial charge in [-0.15, -0.1) is 0 Å². The number of aryl methyl sites for hydroxylation is 1. The maximum Gasteiger partial charge on any atom is 0.148 e. The molecule has 0 aliphatic rings. The first-order valence-electron chi connectivity index (χ1n) is 5.37. The second kappa shape index (κ2) is 5.40. The molecular weight excluding hydrogens is 218 g/mol. The lowest BCUT2D eigenvalue weighted by Gasteiger charge is -2.00. The van der Waals surface area contributed by atoms with Crippen LogP contribution in [0.3, 0.4) is 0 Å². The lowest BCUT2D eigenvalue weighted by molar-refractivity contribution is 0.210. The van der Waals surface area contributed by atoms with Crippen LogP contribution in [0.5, 0.6) is 0 Å². The Bertz CT molecular complexity index is 482. The third-order valence-electron chi connectivity index (χ3n) is 2.33. The SMILES string of the molecule is COCCNc1cc(-c2nccnc2C)[nH]n1. The Hall–Kier alpha value is -1.95. The van der Waals surface area contributed by atoms with Crippen molar-refractivity contribution in [3.63, 3.8) is 0 Å². The van der Waals surface area contributed by atoms with E-state index >= 15 is 0 Å². The molecule has 0 spiro atoms. The van der Waals surface area contributed by atoms with Gasteiger partial charge in [0.2, 0.25) is 0 Å². The van der Waals surface area contributed by atoms with E-state index in [0.717, 1.165) is 29.4 Å². The Morgan fingerprint density at radius 1 is 1.35 bits per heavy atom. The van der Waals surface area contributed by atoms with Crippen LogP contribution >= 0.6 is 0 Å². The van der Waals surface area contributed by atoms with Crippen molar-refractivity contribution in [3.8, 4) is 11.4 Å². The zero-order chi connectivity index (χ0) is 12.1. The summed E-state index contributed by atoms with van der Waals surface area (Å²) in [5.41, 5.74) is 2.55. The average molecular weight is 233 g/mol. The number of anilines is 1. The van der Waals surface area contributed by atoms with E-state index in [4.69, 9.17) is 4.74 Å². The first-order chi connectivity index (χ1) is 8.31. The second-order valence-electron chi connectivity index (χ2n) is 3.58. The molecular formula is C11H15N5O. The molecule has 6 heteroatoms. The zero-order valence-corrected chi connectivity index (χ0v) is 9.90. The normalized spacial score (nSPS) is 10.5. The van der Waals surface area contributed by atoms with Crippen LogP contribution in [-0.2, 0) is 4.74 Å². The highest BCUT2D eigenvalue weighted by molar-refractivity contribution is 5.60. The monoisotopic (exact) mass is 233 g/mol. The van der Waals surface area contributed by atoms with Crippen LogP contribution in [-0.4, -0.2) is 40.4 Å². The number of ether oxygens (including phenoxy) is 1. The van der Waals surface area contributed by atoms with Gasteiger partial charge >= 0.3 is 0 Å². The van der Waals surface area contributed by atoms with Gasteiger partial charge in [-0.2, -0.15) is 5.10 Å². The molecule has 90 valence electrons. The standard InChI is InChI=1S/C11H15N5O/c1-8-11(14-4-3-12-8)9-7-10(16-15-9)13-5-6-17-2/h3-4,7H,5-6H2,1-2H3,(H2,13,15,16). The minimum atomic E-state index is 0.645. The molecule has 0 saturated carbocycles. The maximum absolute atomic E-state index is 4.95. The summed E-state index contributed by atoms with van der Waals surface area (Å²) < 4.78 is 4.95. The van der Waals surface area contributed by atoms with Crippen LogP contribution in [0, 0.1) is 6.92 Å². The zero-order valence-electron chi connectivity index (χ0n) is 9.90. The number of nitrogens with zero attached hydrogens (tertiary/aromatic N) is 3. The number of rotatable bonds is 5. The molecule has 2 N–H and O–H groups in total. The smallest absolute Gasteiger partial charge is 0.148 e. The lowest BCUT2D eigenvalue weighted by atomic mass is 10.2. The third-order valence-corrected chi connectivity index (χ3v) is 2.33. The summed E-state index contributed by atoms with van der Waals surface area (Å²) >= 11 is 0. The number of hydrogen-bond donors (Lipinski definition) is 2. The van der Waals surface area contributed by atoms with Gasteiger partial charge in [0, 0.05) is 32.1 Å². The molecule has 0 aliphatic carbocycles. The third kappa shape index (κ3) is 2.79. The highest BCUT2D eigenvalue weighted by Gasteiger charge is 2.07. The van der Waals surface area contributed by atoms with Crippen molar-refractivity contribution in [3.05, 3.63) is 24.2 Å². The number of methoxy groups -OCH3 is 1. The van der Waals surface area contributed by atoms with Gasteiger partial charge in [0.15, 0.2) is 0 Å². The van der Waals surface area contributed by atoms with Crippen molar-refractivity contribution in [1.29, 1.82) is 0 Å². The number of nitrogens with one attached hydrogen (secondary N) is 2. The van der Waals surface area contributed by atoms with Gasteiger partial charge in [0.05, 0.1) is 18.0 Å². The molecule has 0 bridgehead atoms. The summed E-state index contributed by atoms with van der Waals surface area (Å²) in [6.07, 6.45) is 3.34. The van der Waals surface area contributed by atoms with Gasteiger partial charge in [-0.05, 0) is 6.92 Å². The molecule has 0 fully saturated rings. The molecule has 2 rings (SSSR count). The van der Waals surface area contributed by atoms with Gasteiger partial charge in [0.25, 0.3) is 0 Å². The molecule has 0 aromatic carbocycles. The van der Waals surface area contributed by atoms with Gasteiger partial charge in [-0.1, -0.05) is 0 Å². The Morgan fingerprint density at radius 3 is 2.94 bits per heavy atom. The second-order valence-corrected chi connectivity index (χ2v) is 3.58. The van der Waals surface area contributed by atoms with Crippen molar-refractivity contribution in [2.24, 2.45) is 0 Å². The van der Waals surface area contributed by atoms with Crippen LogP contribution in [0.4, 0.5) is 5.82 Å². The Labute approximate surface area is 99.4 Å². The molecule has 6 nitrogen and oxygen atoms in total. The van der Waals surface area contributed by atoms with Crippen molar-refractivity contribution >= 4 is 5.82 Å². The molecule has 0 radical (unpaired) electrons. The van der Waals surface area contributed by atoms with Gasteiger partial charge in [-0.25, -0.2) is 0 Å². The highest BCUT2D eigenvalue weighted by Crippen LogP contribution is 2.18. The summed E-state index contributed by atoms with van der Waals surface area (Å²) in [6.45, 7) is 3.29. The molecule has 2 aromatic heterocycles. The van der Waals surface area contributed by atoms with E-state index in [2.05, 4.69) is 25.5 Å². The van der Waals surface area contributed by atoms with Crippen molar-refractivity contribution in [1.82, 2.24) is 20.2 Å². The first-order valence-corrected chi connectivity index (χ1v) is 5.37. The summed E-state index contributed by atoms with van der Waals surface area (Å²) in [7, 11) is 1.67. The average Bonchev–Trinajstić information content (AvgIpc) is 2.79. The molecule has 0 atom stereocenters. The summed E-state index contributed by atoms with van der Waals surface area (Å²) in [6, 6.07) is 1.91. The fourth-order valence-corrected chi connectivity index (χ4v) is 1.49. The largest absolute Gasteiger partial charge is 0.383 e. The fraction of sp³-hybridized carbons (Fsp3) is 0.364. The molecule has 0 unspecified atom stereocenters. The van der Waals surface area contributed by atoms with E-state index in [1.54, 1.807) is 19.5 Å². The summed E-state index contributed by atoms with van der Waals surface area (Å²) in [5, 5.41) is 10.2. The van der Waals surface area contributed by atoms with E-state index < -0.39 is 0 Å². The Morgan fingerprint density at radius 2 is 2.18 bits per heavy atom. The van der Waals surface area contributed by atoms with Crippen LogP contribution in [0.2, 0.25) is 0 Å². The van der Waals surface area contributed by atoms with Gasteiger partial charge in [-0.3, -0.25) is 15.1 Å². The van der Waals surface area contributed by atoms with Crippen LogP contribution in [0.1, 0.15) is 5.69 Å². The van der Waals surface area contributed by atoms with Gasteiger partial charge in [0.1, 0.15) is 11.5 Å². The molecule has 2 heterocycles. The van der Waals surface area contributed by atoms with E-state index in [0.29, 0.717) is 6.61 Å². The number of aromatic nitrogens is 4. The van der Waals surface area contributed by atoms with E-state index in [-0.39, 0.29) is 0 Å². The predicted molar refractivity (Wildman–Crippen MR) is 64.7 cm³/mol. The van der Waals surface area contributed by atoms with Crippen LogP contribution in [0.15, 0.2) is 18.5 Å². The summed E-state index contributed by atoms with van der Waals surface area (Å²) in [4.78, 5) is 8.46. The number of hydrogen-bond acceptors (Lipinski definition) is 5. The quantitative estimate of drug-likeness (QED) is 0.760. The van der Waals surface area contributed by atoms with Crippen molar-refractivity contribution in [2.45, 2.75) is 6.92 Å². The van der Waals surface area contributed by atoms with E-state index in [9.17, 15) is 0 Å². The van der Waals surface area contributed by atoms with E-state index in [1.165, 1.54) is 0 Å². The highest BCUT2D eigenvalue weighted by atomic mass is 16.5. The maximum atomic E-state index is 4.95. The first kappa shape index (κ1) is 11.5. The Balaban J connectivity index is 2.10. The minimum Gasteiger partial charge on any atom is -0.383 e. The topological polar surface area (TPSA) is 75.7 Å². The number of aromatic amines is 1. The van der Waals surface area contributed by atoms with Crippen LogP contribution in [0.25, 0.3) is 11.4 Å². The van der Waals surface area contributed by atoms with Gasteiger partial charge < -0.3 is 10.1 Å². The predicted octanol–water partition coefficient (Wildman–Crippen LogP) is 1.23. The lowest BCUT2D eigenvalue weighted by Crippen LogP contribution is -2.07. The van der Waals surface area contributed by atoms with Crippen molar-refractivity contribution in [2.75, 3.05) is 25.6 Å². The minimum absolute atomic E-state index is 0.645. The van der Waals surface area contributed by atoms with Crippen LogP contribution < -0.4 is 5.32 Å². The number of H-pyrrole nitrogens is 1. The molecule has 0 amide bonds. The summed E-state index contributed by atoms with van der Waals surface area (Å²) in [5.74, 6) is 0.780. The Kier molecular flexibility index (Phi) is 3.66. The molecule has 0 aliphatic heterocycles. The molecule has 0 saturated heterocycles. The van der Waals surface area contributed by atoms with E-state index in [1.807, 2.05) is 13.0 Å².